The van der Waals surface area contributed by atoms with Crippen LogP contribution >= 0.6 is 11.3 Å². The van der Waals surface area contributed by atoms with Gasteiger partial charge in [0.25, 0.3) is 5.91 Å². The van der Waals surface area contributed by atoms with Crippen molar-refractivity contribution in [2.45, 2.75) is 6.92 Å². The molecular formula is C13H12N2O3S. The number of nitrogens with one attached hydrogen (secondary N) is 1. The molecule has 1 heterocycles. The van der Waals surface area contributed by atoms with Crippen LogP contribution < -0.4 is 11.1 Å². The molecule has 0 radical (unpaired) electrons. The number of carbonyl (C=O) groups is 2. The second-order valence-electron chi connectivity index (χ2n) is 4.00. The number of amides is 1. The molecule has 2 rings (SSSR count). The minimum Gasteiger partial charge on any atom is -0.478 e. The van der Waals surface area contributed by atoms with Crippen LogP contribution in [0.4, 0.5) is 11.4 Å². The first-order chi connectivity index (χ1) is 8.99. The number of rotatable bonds is 3. The van der Waals surface area contributed by atoms with Gasteiger partial charge < -0.3 is 16.2 Å². The predicted molar refractivity (Wildman–Crippen MR) is 74.8 cm³/mol. The van der Waals surface area contributed by atoms with E-state index in [1.807, 2.05) is 18.4 Å². The van der Waals surface area contributed by atoms with E-state index in [1.54, 1.807) is 0 Å². The maximum atomic E-state index is 12.0. The van der Waals surface area contributed by atoms with Gasteiger partial charge in [0.1, 0.15) is 0 Å². The van der Waals surface area contributed by atoms with Crippen molar-refractivity contribution in [2.24, 2.45) is 0 Å². The van der Waals surface area contributed by atoms with Crippen LogP contribution in [-0.4, -0.2) is 17.0 Å². The molecule has 2 aromatic rings. The molecule has 0 atom stereocenters. The monoisotopic (exact) mass is 276 g/mol. The van der Waals surface area contributed by atoms with Gasteiger partial charge in [-0.1, -0.05) is 0 Å². The van der Waals surface area contributed by atoms with Crippen molar-refractivity contribution < 1.29 is 14.7 Å². The zero-order chi connectivity index (χ0) is 14.0. The van der Waals surface area contributed by atoms with Gasteiger partial charge in [-0.2, -0.15) is 0 Å². The molecule has 0 saturated carbocycles. The number of aryl methyl sites for hydroxylation is 1. The van der Waals surface area contributed by atoms with Gasteiger partial charge in [0.05, 0.1) is 16.1 Å². The summed E-state index contributed by atoms with van der Waals surface area (Å²) in [6.07, 6.45) is 0. The van der Waals surface area contributed by atoms with E-state index < -0.39 is 5.97 Å². The molecule has 5 nitrogen and oxygen atoms in total. The molecule has 98 valence electrons. The van der Waals surface area contributed by atoms with Crippen molar-refractivity contribution in [1.29, 1.82) is 0 Å². The highest BCUT2D eigenvalue weighted by Gasteiger charge is 2.15. The lowest BCUT2D eigenvalue weighted by molar-refractivity contribution is 0.0698. The van der Waals surface area contributed by atoms with Gasteiger partial charge in [0, 0.05) is 5.69 Å². The molecule has 1 amide bonds. The number of carboxylic acids is 1. The van der Waals surface area contributed by atoms with Gasteiger partial charge in [0.2, 0.25) is 0 Å². The number of nitrogen functional groups attached to an aromatic ring is 1. The summed E-state index contributed by atoms with van der Waals surface area (Å²) in [5.74, 6) is -1.45. The van der Waals surface area contributed by atoms with E-state index in [-0.39, 0.29) is 17.2 Å². The maximum Gasteiger partial charge on any atom is 0.337 e. The van der Waals surface area contributed by atoms with Crippen LogP contribution in [0.2, 0.25) is 0 Å². The number of nitrogens with two attached hydrogens (primary N) is 1. The highest BCUT2D eigenvalue weighted by atomic mass is 32.1. The molecule has 0 fully saturated rings. The Bertz CT molecular complexity index is 649. The number of thiophene rings is 1. The average molecular weight is 276 g/mol. The Morgan fingerprint density at radius 2 is 2.05 bits per heavy atom. The zero-order valence-corrected chi connectivity index (χ0v) is 11.0. The molecular weight excluding hydrogens is 264 g/mol. The molecule has 19 heavy (non-hydrogen) atoms. The summed E-state index contributed by atoms with van der Waals surface area (Å²) in [6.45, 7) is 1.82. The van der Waals surface area contributed by atoms with Crippen molar-refractivity contribution in [1.82, 2.24) is 0 Å². The zero-order valence-electron chi connectivity index (χ0n) is 10.1. The fourth-order valence-electron chi connectivity index (χ4n) is 1.64. The minimum atomic E-state index is -1.11. The van der Waals surface area contributed by atoms with Crippen molar-refractivity contribution in [3.05, 3.63) is 45.6 Å². The van der Waals surface area contributed by atoms with Gasteiger partial charge in [0.15, 0.2) is 0 Å². The highest BCUT2D eigenvalue weighted by molar-refractivity contribution is 7.12. The normalized spacial score (nSPS) is 10.2. The number of carboxylic acid groups (broad SMARTS) is 1. The minimum absolute atomic E-state index is 0.0109. The van der Waals surface area contributed by atoms with Crippen LogP contribution in [0.15, 0.2) is 29.6 Å². The van der Waals surface area contributed by atoms with Crippen LogP contribution in [0.25, 0.3) is 0 Å². The number of hydrogen-bond acceptors (Lipinski definition) is 4. The smallest absolute Gasteiger partial charge is 0.337 e. The number of hydrogen-bond donors (Lipinski definition) is 3. The molecule has 0 aliphatic heterocycles. The lowest BCUT2D eigenvalue weighted by Gasteiger charge is -2.09. The Hall–Kier alpha value is -2.34. The molecule has 0 unspecified atom stereocenters. The molecule has 0 bridgehead atoms. The van der Waals surface area contributed by atoms with Crippen LogP contribution in [0.3, 0.4) is 0 Å². The van der Waals surface area contributed by atoms with Crippen molar-refractivity contribution >= 4 is 34.6 Å². The summed E-state index contributed by atoms with van der Waals surface area (Å²) < 4.78 is 0. The van der Waals surface area contributed by atoms with E-state index in [1.165, 1.54) is 29.5 Å². The second kappa shape index (κ2) is 5.11. The fraction of sp³-hybridized carbons (Fsp3) is 0.0769. The summed E-state index contributed by atoms with van der Waals surface area (Å²) in [7, 11) is 0. The van der Waals surface area contributed by atoms with Crippen LogP contribution in [-0.2, 0) is 0 Å². The summed E-state index contributed by atoms with van der Waals surface area (Å²) in [6, 6.07) is 6.12. The summed E-state index contributed by atoms with van der Waals surface area (Å²) in [4.78, 5) is 23.7. The van der Waals surface area contributed by atoms with Crippen LogP contribution in [0.5, 0.6) is 0 Å². The van der Waals surface area contributed by atoms with E-state index in [4.69, 9.17) is 10.8 Å². The van der Waals surface area contributed by atoms with Gasteiger partial charge in [-0.3, -0.25) is 4.79 Å². The van der Waals surface area contributed by atoms with E-state index in [2.05, 4.69) is 5.32 Å². The third-order valence-corrected chi connectivity index (χ3v) is 3.61. The van der Waals surface area contributed by atoms with Gasteiger partial charge in [-0.25, -0.2) is 4.79 Å². The van der Waals surface area contributed by atoms with E-state index in [9.17, 15) is 9.59 Å². The maximum absolute atomic E-state index is 12.0. The van der Waals surface area contributed by atoms with Crippen molar-refractivity contribution in [3.63, 3.8) is 0 Å². The Morgan fingerprint density at radius 1 is 1.32 bits per heavy atom. The first-order valence-corrected chi connectivity index (χ1v) is 6.35. The summed E-state index contributed by atoms with van der Waals surface area (Å²) in [5.41, 5.74) is 7.06. The third-order valence-electron chi connectivity index (χ3n) is 2.59. The molecule has 0 aliphatic carbocycles. The Kier molecular flexibility index (Phi) is 3.52. The number of aromatic carboxylic acids is 1. The third kappa shape index (κ3) is 2.74. The molecule has 4 N–H and O–H groups in total. The first-order valence-electron chi connectivity index (χ1n) is 5.47. The Balaban J connectivity index is 2.33. The van der Waals surface area contributed by atoms with Crippen molar-refractivity contribution in [2.75, 3.05) is 11.1 Å². The number of benzene rings is 1. The SMILES string of the molecule is Cc1ccsc1C(=O)Nc1cc(N)ccc1C(=O)O. The standard InChI is InChI=1S/C13H12N2O3S/c1-7-4-5-19-11(7)12(16)15-10-6-8(14)2-3-9(10)13(17)18/h2-6H,14H2,1H3,(H,15,16)(H,17,18). The fourth-order valence-corrected chi connectivity index (χ4v) is 2.46. The molecule has 0 aliphatic rings. The molecule has 0 saturated heterocycles. The van der Waals surface area contributed by atoms with Crippen molar-refractivity contribution in [3.8, 4) is 0 Å². The van der Waals surface area contributed by atoms with E-state index in [0.29, 0.717) is 10.6 Å². The Labute approximate surface area is 113 Å². The van der Waals surface area contributed by atoms with E-state index in [0.717, 1.165) is 5.56 Å². The lowest BCUT2D eigenvalue weighted by Crippen LogP contribution is -2.14. The second-order valence-corrected chi connectivity index (χ2v) is 4.91. The summed E-state index contributed by atoms with van der Waals surface area (Å²) >= 11 is 1.30. The highest BCUT2D eigenvalue weighted by Crippen LogP contribution is 2.22. The van der Waals surface area contributed by atoms with Crippen LogP contribution in [0.1, 0.15) is 25.6 Å². The number of anilines is 2. The molecule has 0 spiro atoms. The quantitative estimate of drug-likeness (QED) is 0.751. The first kappa shape index (κ1) is 13.1. The predicted octanol–water partition coefficient (Wildman–Crippen LogP) is 2.59. The molecule has 6 heteroatoms. The molecule has 1 aromatic heterocycles. The van der Waals surface area contributed by atoms with E-state index >= 15 is 0 Å². The van der Waals surface area contributed by atoms with Gasteiger partial charge in [-0.05, 0) is 42.1 Å². The lowest BCUT2D eigenvalue weighted by atomic mass is 10.1. The van der Waals surface area contributed by atoms with Gasteiger partial charge in [-0.15, -0.1) is 11.3 Å². The van der Waals surface area contributed by atoms with Crippen LogP contribution in [0, 0.1) is 6.92 Å². The largest absolute Gasteiger partial charge is 0.478 e. The summed E-state index contributed by atoms with van der Waals surface area (Å²) in [5, 5.41) is 13.5. The average Bonchev–Trinajstić information content (AvgIpc) is 2.75. The molecule has 1 aromatic carbocycles. The topological polar surface area (TPSA) is 92.4 Å². The number of carbonyl (C=O) groups excluding carboxylic acids is 1. The van der Waals surface area contributed by atoms with Gasteiger partial charge >= 0.3 is 5.97 Å². The Morgan fingerprint density at radius 3 is 2.63 bits per heavy atom.